The number of carbonyl (C=O) groups excluding carboxylic acids is 1. The number of hydrogen-bond donors (Lipinski definition) is 2. The number of benzene rings is 1. The third kappa shape index (κ3) is 2.85. The Morgan fingerprint density at radius 2 is 2.11 bits per heavy atom. The molecule has 18 heavy (non-hydrogen) atoms. The van der Waals surface area contributed by atoms with Crippen LogP contribution in [0.5, 0.6) is 0 Å². The number of aryl methyl sites for hydroxylation is 1. The van der Waals surface area contributed by atoms with E-state index < -0.39 is 0 Å². The largest absolute Gasteiger partial charge is 0.327 e. The van der Waals surface area contributed by atoms with Gasteiger partial charge in [-0.05, 0) is 31.4 Å². The number of hydrogen-bond acceptors (Lipinski definition) is 2. The highest BCUT2D eigenvalue weighted by atomic mass is 35.5. The molecule has 0 heterocycles. The highest BCUT2D eigenvalue weighted by Crippen LogP contribution is 2.28. The van der Waals surface area contributed by atoms with Crippen molar-refractivity contribution in [1.82, 2.24) is 0 Å². The van der Waals surface area contributed by atoms with Crippen LogP contribution < -0.4 is 11.1 Å². The van der Waals surface area contributed by atoms with Gasteiger partial charge in [0.2, 0.25) is 5.91 Å². The van der Waals surface area contributed by atoms with E-state index in [4.69, 9.17) is 17.3 Å². The average Bonchev–Trinajstić information content (AvgIpc) is 2.34. The molecular weight excluding hydrogens is 248 g/mol. The Hall–Kier alpha value is -1.06. The van der Waals surface area contributed by atoms with Crippen molar-refractivity contribution in [2.45, 2.75) is 38.6 Å². The second-order valence-corrected chi connectivity index (χ2v) is 5.38. The van der Waals surface area contributed by atoms with Crippen LogP contribution in [0, 0.1) is 12.8 Å². The number of rotatable bonds is 2. The number of halogens is 1. The summed E-state index contributed by atoms with van der Waals surface area (Å²) in [6.45, 7) is 1.93. The van der Waals surface area contributed by atoms with Gasteiger partial charge in [0.25, 0.3) is 0 Å². The van der Waals surface area contributed by atoms with Crippen molar-refractivity contribution < 1.29 is 4.79 Å². The summed E-state index contributed by atoms with van der Waals surface area (Å²) in [4.78, 5) is 12.2. The molecule has 0 spiro atoms. The molecule has 0 saturated heterocycles. The first-order valence-electron chi connectivity index (χ1n) is 6.41. The molecule has 0 aromatic heterocycles. The number of nitrogens with two attached hydrogens (primary N) is 1. The summed E-state index contributed by atoms with van der Waals surface area (Å²) in [6.07, 6.45) is 4.00. The molecule has 1 fully saturated rings. The van der Waals surface area contributed by atoms with Gasteiger partial charge in [0.1, 0.15) is 0 Å². The molecule has 1 amide bonds. The summed E-state index contributed by atoms with van der Waals surface area (Å²) in [5.41, 5.74) is 7.70. The molecule has 1 aliphatic rings. The van der Waals surface area contributed by atoms with Crippen molar-refractivity contribution >= 4 is 23.2 Å². The van der Waals surface area contributed by atoms with E-state index in [0.717, 1.165) is 31.2 Å². The van der Waals surface area contributed by atoms with Crippen molar-refractivity contribution in [1.29, 1.82) is 0 Å². The van der Waals surface area contributed by atoms with E-state index in [1.807, 2.05) is 19.1 Å². The van der Waals surface area contributed by atoms with Crippen LogP contribution >= 0.6 is 11.6 Å². The van der Waals surface area contributed by atoms with E-state index in [2.05, 4.69) is 5.32 Å². The summed E-state index contributed by atoms with van der Waals surface area (Å²) < 4.78 is 0. The molecular formula is C14H19ClN2O. The molecule has 2 atom stereocenters. The number of anilines is 1. The summed E-state index contributed by atoms with van der Waals surface area (Å²) in [5.74, 6) is -0.0900. The van der Waals surface area contributed by atoms with Gasteiger partial charge in [0.15, 0.2) is 0 Å². The predicted molar refractivity (Wildman–Crippen MR) is 74.8 cm³/mol. The first kappa shape index (κ1) is 13.4. The molecule has 2 unspecified atom stereocenters. The summed E-state index contributed by atoms with van der Waals surface area (Å²) in [7, 11) is 0. The van der Waals surface area contributed by atoms with Crippen LogP contribution in [-0.2, 0) is 4.79 Å². The van der Waals surface area contributed by atoms with Crippen molar-refractivity contribution in [3.8, 4) is 0 Å². The van der Waals surface area contributed by atoms with Crippen molar-refractivity contribution in [3.63, 3.8) is 0 Å². The molecule has 1 aromatic carbocycles. The van der Waals surface area contributed by atoms with Crippen LogP contribution in [0.3, 0.4) is 0 Å². The maximum atomic E-state index is 12.2. The zero-order valence-electron chi connectivity index (χ0n) is 10.6. The van der Waals surface area contributed by atoms with Crippen LogP contribution in [0.4, 0.5) is 5.69 Å². The Morgan fingerprint density at radius 1 is 1.39 bits per heavy atom. The highest BCUT2D eigenvalue weighted by molar-refractivity contribution is 6.33. The minimum atomic E-state index is -0.0885. The van der Waals surface area contributed by atoms with Crippen LogP contribution in [0.2, 0.25) is 5.02 Å². The van der Waals surface area contributed by atoms with Gasteiger partial charge in [-0.3, -0.25) is 4.79 Å². The quantitative estimate of drug-likeness (QED) is 0.864. The molecule has 3 nitrogen and oxygen atoms in total. The minimum Gasteiger partial charge on any atom is -0.327 e. The van der Waals surface area contributed by atoms with Crippen molar-refractivity contribution in [2.24, 2.45) is 11.7 Å². The Kier molecular flexibility index (Phi) is 4.25. The monoisotopic (exact) mass is 266 g/mol. The van der Waals surface area contributed by atoms with Crippen LogP contribution in [0.25, 0.3) is 0 Å². The second-order valence-electron chi connectivity index (χ2n) is 4.98. The number of amides is 1. The lowest BCUT2D eigenvalue weighted by Gasteiger charge is -2.27. The zero-order chi connectivity index (χ0) is 13.1. The van der Waals surface area contributed by atoms with Gasteiger partial charge >= 0.3 is 0 Å². The molecule has 1 saturated carbocycles. The van der Waals surface area contributed by atoms with Gasteiger partial charge in [-0.1, -0.05) is 36.6 Å². The minimum absolute atomic E-state index is 0.00148. The van der Waals surface area contributed by atoms with Gasteiger partial charge in [-0.15, -0.1) is 0 Å². The molecule has 98 valence electrons. The SMILES string of the molecule is Cc1cccc(Cl)c1NC(=O)C1CCCCC1N. The lowest BCUT2D eigenvalue weighted by atomic mass is 9.84. The Bertz CT molecular complexity index is 427. The van der Waals surface area contributed by atoms with Gasteiger partial charge < -0.3 is 11.1 Å². The maximum absolute atomic E-state index is 12.2. The highest BCUT2D eigenvalue weighted by Gasteiger charge is 2.28. The van der Waals surface area contributed by atoms with E-state index in [9.17, 15) is 4.79 Å². The third-order valence-electron chi connectivity index (χ3n) is 3.63. The van der Waals surface area contributed by atoms with Crippen molar-refractivity contribution in [3.05, 3.63) is 28.8 Å². The smallest absolute Gasteiger partial charge is 0.229 e. The van der Waals surface area contributed by atoms with E-state index in [-0.39, 0.29) is 17.9 Å². The first-order valence-corrected chi connectivity index (χ1v) is 6.79. The second kappa shape index (κ2) is 5.72. The Morgan fingerprint density at radius 3 is 2.78 bits per heavy atom. The summed E-state index contributed by atoms with van der Waals surface area (Å²) in [6, 6.07) is 5.56. The van der Waals surface area contributed by atoms with Crippen LogP contribution in [0.1, 0.15) is 31.2 Å². The molecule has 0 aliphatic heterocycles. The normalized spacial score (nSPS) is 23.7. The molecule has 1 aromatic rings. The topological polar surface area (TPSA) is 55.1 Å². The average molecular weight is 267 g/mol. The van der Waals surface area contributed by atoms with Crippen LogP contribution in [-0.4, -0.2) is 11.9 Å². The first-order chi connectivity index (χ1) is 8.59. The molecule has 0 radical (unpaired) electrons. The Labute approximate surface area is 113 Å². The van der Waals surface area contributed by atoms with Gasteiger partial charge in [-0.25, -0.2) is 0 Å². The van der Waals surface area contributed by atoms with E-state index in [1.54, 1.807) is 6.07 Å². The van der Waals surface area contributed by atoms with Gasteiger partial charge in [0, 0.05) is 6.04 Å². The van der Waals surface area contributed by atoms with Crippen molar-refractivity contribution in [2.75, 3.05) is 5.32 Å². The molecule has 3 N–H and O–H groups in total. The van der Waals surface area contributed by atoms with Gasteiger partial charge in [0.05, 0.1) is 16.6 Å². The molecule has 0 bridgehead atoms. The lowest BCUT2D eigenvalue weighted by Crippen LogP contribution is -2.40. The Balaban J connectivity index is 2.11. The van der Waals surface area contributed by atoms with E-state index in [1.165, 1.54) is 0 Å². The van der Waals surface area contributed by atoms with Crippen LogP contribution in [0.15, 0.2) is 18.2 Å². The molecule has 2 rings (SSSR count). The summed E-state index contributed by atoms with van der Waals surface area (Å²) in [5, 5.41) is 3.50. The maximum Gasteiger partial charge on any atom is 0.229 e. The fourth-order valence-corrected chi connectivity index (χ4v) is 2.76. The third-order valence-corrected chi connectivity index (χ3v) is 3.94. The standard InChI is InChI=1S/C14H19ClN2O/c1-9-5-4-7-11(15)13(9)17-14(18)10-6-2-3-8-12(10)16/h4-5,7,10,12H,2-3,6,8,16H2,1H3,(H,17,18). The van der Waals surface area contributed by atoms with E-state index >= 15 is 0 Å². The van der Waals surface area contributed by atoms with E-state index in [0.29, 0.717) is 10.7 Å². The predicted octanol–water partition coefficient (Wildman–Crippen LogP) is 3.10. The number of carbonyl (C=O) groups is 1. The molecule has 4 heteroatoms. The fraction of sp³-hybridized carbons (Fsp3) is 0.500. The number of nitrogens with one attached hydrogen (secondary N) is 1. The zero-order valence-corrected chi connectivity index (χ0v) is 11.3. The summed E-state index contributed by atoms with van der Waals surface area (Å²) >= 11 is 6.10. The lowest BCUT2D eigenvalue weighted by molar-refractivity contribution is -0.121. The van der Waals surface area contributed by atoms with Gasteiger partial charge in [-0.2, -0.15) is 0 Å². The number of para-hydroxylation sites is 1. The molecule has 1 aliphatic carbocycles. The fourth-order valence-electron chi connectivity index (χ4n) is 2.49.